The number of hydrogen-bond acceptors (Lipinski definition) is 4. The highest BCUT2D eigenvalue weighted by Gasteiger charge is 2.11. The molecule has 0 aliphatic rings. The third-order valence-electron chi connectivity index (χ3n) is 0.689. The molecule has 0 aromatic carbocycles. The first kappa shape index (κ1) is 14.8. The molecular weight excluding hydrogens is 188 g/mol. The molecule has 0 atom stereocenters. The Balaban J connectivity index is 0. The summed E-state index contributed by atoms with van der Waals surface area (Å²) in [5.74, 6) is 4.87. The molecule has 0 bridgehead atoms. The summed E-state index contributed by atoms with van der Waals surface area (Å²) in [4.78, 5) is 0. The lowest BCUT2D eigenvalue weighted by Crippen LogP contribution is -2.38. The molecule has 0 unspecified atom stereocenters. The van der Waals surface area contributed by atoms with Crippen LogP contribution in [-0.2, 0) is 4.53 Å². The molecule has 0 rings (SSSR count). The Labute approximate surface area is 77.2 Å². The third-order valence-corrected chi connectivity index (χ3v) is 2.07. The van der Waals surface area contributed by atoms with Crippen molar-refractivity contribution in [3.63, 3.8) is 0 Å². The van der Waals surface area contributed by atoms with E-state index in [1.165, 1.54) is 0 Å². The molecule has 0 aliphatic heterocycles. The lowest BCUT2D eigenvalue weighted by atomic mass is 11.8. The summed E-state index contributed by atoms with van der Waals surface area (Å²) in [6.07, 6.45) is 0. The Morgan fingerprint density at radius 1 is 1.08 bits per heavy atom. The van der Waals surface area contributed by atoms with Crippen molar-refractivity contribution in [3.05, 3.63) is 0 Å². The number of nitrogens with one attached hydrogen (secondary N) is 1. The van der Waals surface area contributed by atoms with Gasteiger partial charge in [0.1, 0.15) is 8.24 Å². The minimum absolute atomic E-state index is 1.33. The fourth-order valence-electron chi connectivity index (χ4n) is 0. The average molecular weight is 210 g/mol. The molecule has 12 heavy (non-hydrogen) atoms. The second-order valence-electron chi connectivity index (χ2n) is 4.59. The zero-order valence-electron chi connectivity index (χ0n) is 8.93. The van der Waals surface area contributed by atoms with Crippen molar-refractivity contribution in [3.8, 4) is 0 Å². The minimum atomic E-state index is -1.35. The van der Waals surface area contributed by atoms with Gasteiger partial charge in [-0.1, -0.05) is 19.6 Å². The molecule has 0 fully saturated rings. The van der Waals surface area contributed by atoms with Gasteiger partial charge in [0, 0.05) is 0 Å². The molecule has 76 valence electrons. The SMILES string of the molecule is C[Si](C)(C)NO.C[Si](C)(C)ON. The smallest absolute Gasteiger partial charge is 0.211 e. The van der Waals surface area contributed by atoms with Gasteiger partial charge < -0.3 is 9.73 Å². The van der Waals surface area contributed by atoms with Crippen molar-refractivity contribution < 1.29 is 9.73 Å². The fourth-order valence-corrected chi connectivity index (χ4v) is 0. The summed E-state index contributed by atoms with van der Waals surface area (Å²) in [6, 6.07) is 0. The minimum Gasteiger partial charge on any atom is -0.349 e. The summed E-state index contributed by atoms with van der Waals surface area (Å²) < 4.78 is 4.58. The third kappa shape index (κ3) is 22.4. The summed E-state index contributed by atoms with van der Waals surface area (Å²) in [5, 5.41) is 10.5. The van der Waals surface area contributed by atoms with E-state index in [4.69, 9.17) is 11.1 Å². The zero-order valence-corrected chi connectivity index (χ0v) is 10.9. The van der Waals surface area contributed by atoms with Gasteiger partial charge in [-0.2, -0.15) is 0 Å². The second kappa shape index (κ2) is 5.84. The van der Waals surface area contributed by atoms with Crippen LogP contribution in [0.15, 0.2) is 0 Å². The van der Waals surface area contributed by atoms with Crippen LogP contribution in [0, 0.1) is 0 Å². The maximum atomic E-state index is 8.21. The Morgan fingerprint density at radius 2 is 1.25 bits per heavy atom. The van der Waals surface area contributed by atoms with Crippen molar-refractivity contribution in [1.29, 1.82) is 0 Å². The molecule has 0 aromatic rings. The van der Waals surface area contributed by atoms with Crippen LogP contribution in [0.25, 0.3) is 0 Å². The van der Waals surface area contributed by atoms with Crippen LogP contribution in [0.3, 0.4) is 0 Å². The van der Waals surface area contributed by atoms with E-state index < -0.39 is 16.6 Å². The maximum absolute atomic E-state index is 8.21. The second-order valence-corrected chi connectivity index (χ2v) is 13.8. The number of hydrogen-bond donors (Lipinski definition) is 3. The number of rotatable bonds is 2. The molecule has 0 aliphatic carbocycles. The highest BCUT2D eigenvalue weighted by atomic mass is 28.4. The molecule has 4 nitrogen and oxygen atoms in total. The molecule has 0 radical (unpaired) electrons. The Hall–Kier alpha value is 0.274. The Kier molecular flexibility index (Phi) is 7.19. The first-order valence-electron chi connectivity index (χ1n) is 3.91. The van der Waals surface area contributed by atoms with Gasteiger partial charge in [0.05, 0.1) is 0 Å². The fraction of sp³-hybridized carbons (Fsp3) is 1.00. The molecule has 0 saturated carbocycles. The van der Waals surface area contributed by atoms with E-state index in [9.17, 15) is 0 Å². The van der Waals surface area contributed by atoms with Crippen LogP contribution < -0.4 is 11.0 Å². The largest absolute Gasteiger partial charge is 0.349 e. The first-order valence-corrected chi connectivity index (χ1v) is 10.8. The van der Waals surface area contributed by atoms with Crippen molar-refractivity contribution >= 4 is 16.6 Å². The van der Waals surface area contributed by atoms with Gasteiger partial charge in [-0.25, -0.2) is 11.0 Å². The van der Waals surface area contributed by atoms with E-state index in [0.29, 0.717) is 0 Å². The van der Waals surface area contributed by atoms with Gasteiger partial charge in [-0.3, -0.25) is 0 Å². The summed E-state index contributed by atoms with van der Waals surface area (Å²) in [6.45, 7) is 12.2. The van der Waals surface area contributed by atoms with Crippen molar-refractivity contribution in [2.45, 2.75) is 39.3 Å². The highest BCUT2D eigenvalue weighted by molar-refractivity contribution is 6.73. The van der Waals surface area contributed by atoms with Crippen molar-refractivity contribution in [1.82, 2.24) is 5.15 Å². The molecule has 0 spiro atoms. The van der Waals surface area contributed by atoms with Crippen molar-refractivity contribution in [2.75, 3.05) is 0 Å². The summed E-state index contributed by atoms with van der Waals surface area (Å²) >= 11 is 0. The monoisotopic (exact) mass is 210 g/mol. The molecule has 0 saturated heterocycles. The van der Waals surface area contributed by atoms with E-state index in [-0.39, 0.29) is 0 Å². The molecule has 0 aromatic heterocycles. The zero-order chi connectivity index (χ0) is 10.4. The summed E-state index contributed by atoms with van der Waals surface area (Å²) in [5.41, 5.74) is 0. The van der Waals surface area contributed by atoms with Crippen LogP contribution in [0.2, 0.25) is 39.3 Å². The Morgan fingerprint density at radius 3 is 1.25 bits per heavy atom. The van der Waals surface area contributed by atoms with E-state index in [1.807, 2.05) is 39.3 Å². The molecule has 4 N–H and O–H groups in total. The van der Waals surface area contributed by atoms with E-state index in [0.717, 1.165) is 0 Å². The molecule has 0 amide bonds. The van der Waals surface area contributed by atoms with Gasteiger partial charge in [0.2, 0.25) is 8.32 Å². The predicted octanol–water partition coefficient (Wildman–Crippen LogP) is 1.51. The van der Waals surface area contributed by atoms with E-state index >= 15 is 0 Å². The topological polar surface area (TPSA) is 67.5 Å². The predicted molar refractivity (Wildman–Crippen MR) is 56.9 cm³/mol. The first-order chi connectivity index (χ1) is 5.12. The summed E-state index contributed by atoms with van der Waals surface area (Å²) in [7, 11) is -2.68. The Bertz CT molecular complexity index is 95.1. The van der Waals surface area contributed by atoms with Gasteiger partial charge in [0.25, 0.3) is 0 Å². The van der Waals surface area contributed by atoms with Crippen LogP contribution >= 0.6 is 0 Å². The number of nitrogens with two attached hydrogens (primary N) is 1. The lowest BCUT2D eigenvalue weighted by molar-refractivity contribution is 0.237. The molecular formula is C6H22N2O2Si2. The van der Waals surface area contributed by atoms with Crippen molar-refractivity contribution in [2.24, 2.45) is 5.90 Å². The van der Waals surface area contributed by atoms with Gasteiger partial charge in [0.15, 0.2) is 0 Å². The van der Waals surface area contributed by atoms with Crippen LogP contribution in [0.4, 0.5) is 0 Å². The molecule has 6 heteroatoms. The van der Waals surface area contributed by atoms with Gasteiger partial charge in [-0.15, -0.1) is 0 Å². The molecule has 0 heterocycles. The lowest BCUT2D eigenvalue weighted by Gasteiger charge is -2.09. The standard InChI is InChI=1S/2C3H11NOSi/c1-6(2,3)5-4;1-6(2,3)4-5/h4H2,1-3H3;4-5H,1-3H3. The van der Waals surface area contributed by atoms with E-state index in [2.05, 4.69) is 9.67 Å². The van der Waals surface area contributed by atoms with Gasteiger partial charge >= 0.3 is 0 Å². The van der Waals surface area contributed by atoms with Crippen LogP contribution in [0.5, 0.6) is 0 Å². The average Bonchev–Trinajstić information content (AvgIpc) is 1.86. The van der Waals surface area contributed by atoms with Crippen LogP contribution in [-0.4, -0.2) is 21.8 Å². The van der Waals surface area contributed by atoms with Gasteiger partial charge in [-0.05, 0) is 19.6 Å². The van der Waals surface area contributed by atoms with Crippen LogP contribution in [0.1, 0.15) is 0 Å². The maximum Gasteiger partial charge on any atom is 0.211 e. The highest BCUT2D eigenvalue weighted by Crippen LogP contribution is 1.95. The quantitative estimate of drug-likeness (QED) is 0.477. The van der Waals surface area contributed by atoms with E-state index in [1.54, 1.807) is 0 Å². The normalized spacial score (nSPS) is 12.0.